The molecule has 4 rings (SSSR count). The third kappa shape index (κ3) is 3.12. The number of carbonyl (C=O) groups excluding carboxylic acids is 1. The Hall–Kier alpha value is -3.32. The van der Waals surface area contributed by atoms with Gasteiger partial charge in [-0.25, -0.2) is 4.98 Å². The molecule has 4 aromatic rings. The normalized spacial score (nSPS) is 10.8. The molecule has 0 aromatic carbocycles. The van der Waals surface area contributed by atoms with Crippen LogP contribution in [-0.2, 0) is 6.54 Å². The number of hydrogen-bond donors (Lipinski definition) is 2. The topological polar surface area (TPSA) is 93.8 Å². The van der Waals surface area contributed by atoms with Crippen LogP contribution in [-0.4, -0.2) is 20.9 Å². The monoisotopic (exact) mass is 361 g/mol. The Kier molecular flexibility index (Phi) is 4.28. The molecule has 0 saturated heterocycles. The highest BCUT2D eigenvalue weighted by atomic mass is 32.1. The number of fused-ring (bicyclic) bond motifs is 1. The highest BCUT2D eigenvalue weighted by Crippen LogP contribution is 2.34. The number of pyridine rings is 3. The van der Waals surface area contributed by atoms with Crippen molar-refractivity contribution in [1.29, 1.82) is 0 Å². The maximum absolute atomic E-state index is 12.5. The van der Waals surface area contributed by atoms with Crippen molar-refractivity contribution in [2.45, 2.75) is 6.54 Å². The van der Waals surface area contributed by atoms with Gasteiger partial charge in [0.15, 0.2) is 0 Å². The molecule has 0 aliphatic rings. The molecule has 0 spiro atoms. The van der Waals surface area contributed by atoms with Gasteiger partial charge in [0.1, 0.15) is 9.71 Å². The Morgan fingerprint density at radius 2 is 1.88 bits per heavy atom. The number of nitrogens with zero attached hydrogens (tertiary/aromatic N) is 3. The maximum Gasteiger partial charge on any atom is 0.263 e. The SMILES string of the molecule is Nc1c(C(=O)NCc2cccnc2)sc2nc(-c3cccnc3)ccc12. The third-order valence-corrected chi connectivity index (χ3v) is 5.05. The lowest BCUT2D eigenvalue weighted by Crippen LogP contribution is -2.22. The number of carbonyl (C=O) groups is 1. The quantitative estimate of drug-likeness (QED) is 0.582. The summed E-state index contributed by atoms with van der Waals surface area (Å²) in [6.07, 6.45) is 6.89. The van der Waals surface area contributed by atoms with E-state index in [1.54, 1.807) is 24.8 Å². The van der Waals surface area contributed by atoms with Crippen molar-refractivity contribution in [1.82, 2.24) is 20.3 Å². The van der Waals surface area contributed by atoms with Gasteiger partial charge < -0.3 is 11.1 Å². The summed E-state index contributed by atoms with van der Waals surface area (Å²) in [6, 6.07) is 11.3. The molecule has 0 unspecified atom stereocenters. The molecular weight excluding hydrogens is 346 g/mol. The van der Waals surface area contributed by atoms with Crippen LogP contribution in [0.5, 0.6) is 0 Å². The van der Waals surface area contributed by atoms with E-state index < -0.39 is 0 Å². The molecule has 26 heavy (non-hydrogen) atoms. The second-order valence-electron chi connectivity index (χ2n) is 5.68. The van der Waals surface area contributed by atoms with Gasteiger partial charge in [0.2, 0.25) is 0 Å². The first-order valence-corrected chi connectivity index (χ1v) is 8.80. The zero-order chi connectivity index (χ0) is 17.9. The summed E-state index contributed by atoms with van der Waals surface area (Å²) in [5.41, 5.74) is 9.29. The van der Waals surface area contributed by atoms with Gasteiger partial charge in [-0.1, -0.05) is 6.07 Å². The lowest BCUT2D eigenvalue weighted by Gasteiger charge is -2.03. The molecule has 4 aromatic heterocycles. The molecule has 128 valence electrons. The molecule has 0 aliphatic carbocycles. The first-order chi connectivity index (χ1) is 12.7. The highest BCUT2D eigenvalue weighted by molar-refractivity contribution is 7.21. The lowest BCUT2D eigenvalue weighted by atomic mass is 10.1. The number of aromatic nitrogens is 3. The largest absolute Gasteiger partial charge is 0.397 e. The second-order valence-corrected chi connectivity index (χ2v) is 6.68. The summed E-state index contributed by atoms with van der Waals surface area (Å²) in [5.74, 6) is -0.211. The van der Waals surface area contributed by atoms with Gasteiger partial charge in [0, 0.05) is 42.3 Å². The fourth-order valence-corrected chi connectivity index (χ4v) is 3.62. The number of hydrogen-bond acceptors (Lipinski definition) is 6. The Morgan fingerprint density at radius 3 is 2.62 bits per heavy atom. The van der Waals surface area contributed by atoms with Crippen LogP contribution in [0.4, 0.5) is 5.69 Å². The van der Waals surface area contributed by atoms with Crippen molar-refractivity contribution < 1.29 is 4.79 Å². The van der Waals surface area contributed by atoms with E-state index in [0.717, 1.165) is 27.0 Å². The fourth-order valence-electron chi connectivity index (χ4n) is 2.61. The van der Waals surface area contributed by atoms with E-state index in [9.17, 15) is 4.79 Å². The number of thiophene rings is 1. The van der Waals surface area contributed by atoms with Crippen LogP contribution in [0.3, 0.4) is 0 Å². The van der Waals surface area contributed by atoms with Gasteiger partial charge in [-0.05, 0) is 35.9 Å². The summed E-state index contributed by atoms with van der Waals surface area (Å²) < 4.78 is 0. The number of amides is 1. The minimum atomic E-state index is -0.211. The van der Waals surface area contributed by atoms with Gasteiger partial charge in [0.05, 0.1) is 11.4 Å². The molecular formula is C19H15N5OS. The van der Waals surface area contributed by atoms with E-state index in [0.29, 0.717) is 17.1 Å². The molecule has 0 fully saturated rings. The minimum absolute atomic E-state index is 0.211. The summed E-state index contributed by atoms with van der Waals surface area (Å²) in [7, 11) is 0. The van der Waals surface area contributed by atoms with Crippen molar-refractivity contribution in [2.24, 2.45) is 0 Å². The third-order valence-electron chi connectivity index (χ3n) is 3.93. The van der Waals surface area contributed by atoms with E-state index in [-0.39, 0.29) is 5.91 Å². The molecule has 6 nitrogen and oxygen atoms in total. The van der Waals surface area contributed by atoms with Crippen LogP contribution in [0.15, 0.2) is 61.2 Å². The summed E-state index contributed by atoms with van der Waals surface area (Å²) in [5, 5.41) is 3.66. The Bertz CT molecular complexity index is 1060. The molecule has 3 N–H and O–H groups in total. The molecule has 0 bridgehead atoms. The van der Waals surface area contributed by atoms with Crippen molar-refractivity contribution in [2.75, 3.05) is 5.73 Å². The Balaban J connectivity index is 1.61. The lowest BCUT2D eigenvalue weighted by molar-refractivity contribution is 0.0956. The van der Waals surface area contributed by atoms with Gasteiger partial charge in [-0.15, -0.1) is 11.3 Å². The Labute approximate surface area is 153 Å². The van der Waals surface area contributed by atoms with Gasteiger partial charge in [-0.3, -0.25) is 14.8 Å². The number of rotatable bonds is 4. The first-order valence-electron chi connectivity index (χ1n) is 7.99. The van der Waals surface area contributed by atoms with Crippen molar-refractivity contribution in [3.05, 3.63) is 71.6 Å². The van der Waals surface area contributed by atoms with Crippen LogP contribution in [0.2, 0.25) is 0 Å². The van der Waals surface area contributed by atoms with E-state index in [1.807, 2.05) is 36.4 Å². The van der Waals surface area contributed by atoms with Crippen molar-refractivity contribution in [3.63, 3.8) is 0 Å². The highest BCUT2D eigenvalue weighted by Gasteiger charge is 2.17. The molecule has 0 aliphatic heterocycles. The van der Waals surface area contributed by atoms with E-state index in [2.05, 4.69) is 20.3 Å². The van der Waals surface area contributed by atoms with Crippen molar-refractivity contribution >= 4 is 33.1 Å². The zero-order valence-electron chi connectivity index (χ0n) is 13.7. The van der Waals surface area contributed by atoms with Gasteiger partial charge in [-0.2, -0.15) is 0 Å². The molecule has 1 amide bonds. The van der Waals surface area contributed by atoms with E-state index in [4.69, 9.17) is 5.73 Å². The molecule has 0 atom stereocenters. The minimum Gasteiger partial charge on any atom is -0.397 e. The fraction of sp³-hybridized carbons (Fsp3) is 0.0526. The van der Waals surface area contributed by atoms with Crippen molar-refractivity contribution in [3.8, 4) is 11.3 Å². The predicted octanol–water partition coefficient (Wildman–Crippen LogP) is 3.27. The Morgan fingerprint density at radius 1 is 1.08 bits per heavy atom. The summed E-state index contributed by atoms with van der Waals surface area (Å²) in [4.78, 5) is 26.5. The summed E-state index contributed by atoms with van der Waals surface area (Å²) >= 11 is 1.29. The van der Waals surface area contributed by atoms with Gasteiger partial charge >= 0.3 is 0 Å². The zero-order valence-corrected chi connectivity index (χ0v) is 14.5. The van der Waals surface area contributed by atoms with E-state index >= 15 is 0 Å². The maximum atomic E-state index is 12.5. The molecule has 0 saturated carbocycles. The number of nitrogen functional groups attached to an aromatic ring is 1. The predicted molar refractivity (Wildman–Crippen MR) is 103 cm³/mol. The van der Waals surface area contributed by atoms with E-state index in [1.165, 1.54) is 11.3 Å². The van der Waals surface area contributed by atoms with Crippen LogP contribution in [0.1, 0.15) is 15.2 Å². The van der Waals surface area contributed by atoms with Crippen LogP contribution in [0.25, 0.3) is 21.5 Å². The smallest absolute Gasteiger partial charge is 0.263 e. The van der Waals surface area contributed by atoms with Crippen LogP contribution in [0, 0.1) is 0 Å². The first kappa shape index (κ1) is 16.2. The van der Waals surface area contributed by atoms with Crippen LogP contribution < -0.4 is 11.1 Å². The average Bonchev–Trinajstić information content (AvgIpc) is 3.04. The average molecular weight is 361 g/mol. The number of nitrogens with one attached hydrogen (secondary N) is 1. The standard InChI is InChI=1S/C19H15N5OS/c20-16-14-5-6-15(13-4-2-8-22-11-13)24-19(14)26-17(16)18(25)23-10-12-3-1-7-21-9-12/h1-9,11H,10,20H2,(H,23,25). The van der Waals surface area contributed by atoms with Crippen LogP contribution >= 0.6 is 11.3 Å². The molecule has 0 radical (unpaired) electrons. The van der Waals surface area contributed by atoms with Gasteiger partial charge in [0.25, 0.3) is 5.91 Å². The second kappa shape index (κ2) is 6.89. The summed E-state index contributed by atoms with van der Waals surface area (Å²) in [6.45, 7) is 0.398. The number of anilines is 1. The molecule has 4 heterocycles. The molecule has 7 heteroatoms. The number of nitrogens with two attached hydrogens (primary N) is 1.